The van der Waals surface area contributed by atoms with Crippen molar-refractivity contribution in [1.29, 1.82) is 0 Å². The molecule has 3 rings (SSSR count). The number of anilines is 2. The van der Waals surface area contributed by atoms with Crippen LogP contribution in [0.1, 0.15) is 27.1 Å². The highest BCUT2D eigenvalue weighted by Crippen LogP contribution is 2.31. The monoisotopic (exact) mass is 356 g/mol. The molecule has 0 saturated heterocycles. The van der Waals surface area contributed by atoms with Gasteiger partial charge in [0.15, 0.2) is 0 Å². The lowest BCUT2D eigenvalue weighted by molar-refractivity contribution is -0.115. The van der Waals surface area contributed by atoms with Crippen molar-refractivity contribution in [3.8, 4) is 0 Å². The Balaban J connectivity index is 1.80. The van der Waals surface area contributed by atoms with Crippen LogP contribution >= 0.6 is 11.8 Å². The number of carbonyl (C=O) groups excluding carboxylic acids is 3. The number of nitrogens with one attached hydrogen (secondary N) is 2. The summed E-state index contributed by atoms with van der Waals surface area (Å²) in [5.41, 5.74) is 1.90. The quantitative estimate of drug-likeness (QED) is 0.825. The van der Waals surface area contributed by atoms with E-state index in [1.54, 1.807) is 48.2 Å². The van der Waals surface area contributed by atoms with Crippen molar-refractivity contribution in [3.63, 3.8) is 0 Å². The lowest BCUT2D eigenvalue weighted by Gasteiger charge is -2.10. The maximum Gasteiger partial charge on any atom is 0.337 e. The molecule has 0 fully saturated rings. The summed E-state index contributed by atoms with van der Waals surface area (Å²) in [7, 11) is 1.30. The Morgan fingerprint density at radius 3 is 2.80 bits per heavy atom. The zero-order chi connectivity index (χ0) is 17.8. The van der Waals surface area contributed by atoms with Gasteiger partial charge in [-0.1, -0.05) is 6.07 Å². The van der Waals surface area contributed by atoms with Gasteiger partial charge in [-0.25, -0.2) is 4.79 Å². The van der Waals surface area contributed by atoms with E-state index in [0.29, 0.717) is 34.7 Å². The topological polar surface area (TPSA) is 84.5 Å². The van der Waals surface area contributed by atoms with Gasteiger partial charge in [0.05, 0.1) is 18.4 Å². The zero-order valence-corrected chi connectivity index (χ0v) is 14.3. The van der Waals surface area contributed by atoms with Crippen LogP contribution in [0.5, 0.6) is 0 Å². The van der Waals surface area contributed by atoms with Gasteiger partial charge in [-0.15, -0.1) is 11.8 Å². The summed E-state index contributed by atoms with van der Waals surface area (Å²) in [4.78, 5) is 36.7. The molecule has 0 spiro atoms. The average molecular weight is 356 g/mol. The van der Waals surface area contributed by atoms with Gasteiger partial charge in [-0.3, -0.25) is 9.59 Å². The van der Waals surface area contributed by atoms with Crippen molar-refractivity contribution in [2.45, 2.75) is 11.3 Å². The molecule has 0 bridgehead atoms. The first-order valence-corrected chi connectivity index (χ1v) is 8.62. The Kier molecular flexibility index (Phi) is 5.04. The Bertz CT molecular complexity index is 851. The SMILES string of the molecule is COC(=O)c1cccc(NC(=O)c2ccc3c(c2)NC(=O)CCS3)c1. The molecule has 0 aliphatic carbocycles. The molecule has 0 unspecified atom stereocenters. The van der Waals surface area contributed by atoms with E-state index >= 15 is 0 Å². The lowest BCUT2D eigenvalue weighted by atomic mass is 10.1. The maximum absolute atomic E-state index is 12.5. The van der Waals surface area contributed by atoms with Gasteiger partial charge in [-0.2, -0.15) is 0 Å². The molecular formula is C18H16N2O4S. The fraction of sp³-hybridized carbons (Fsp3) is 0.167. The number of methoxy groups -OCH3 is 1. The molecular weight excluding hydrogens is 340 g/mol. The van der Waals surface area contributed by atoms with Gasteiger partial charge >= 0.3 is 5.97 Å². The van der Waals surface area contributed by atoms with Gasteiger partial charge in [0.2, 0.25) is 5.91 Å². The molecule has 2 aromatic carbocycles. The predicted molar refractivity (Wildman–Crippen MR) is 96.1 cm³/mol. The van der Waals surface area contributed by atoms with E-state index in [4.69, 9.17) is 0 Å². The Labute approximate surface area is 148 Å². The van der Waals surface area contributed by atoms with E-state index in [9.17, 15) is 14.4 Å². The van der Waals surface area contributed by atoms with Gasteiger partial charge < -0.3 is 15.4 Å². The van der Waals surface area contributed by atoms with E-state index in [-0.39, 0.29) is 11.8 Å². The number of benzene rings is 2. The summed E-state index contributed by atoms with van der Waals surface area (Å²) >= 11 is 1.58. The predicted octanol–water partition coefficient (Wildman–Crippen LogP) is 3.16. The Morgan fingerprint density at radius 2 is 2.00 bits per heavy atom. The second-order valence-corrected chi connectivity index (χ2v) is 6.52. The van der Waals surface area contributed by atoms with Gasteiger partial charge in [-0.05, 0) is 36.4 Å². The van der Waals surface area contributed by atoms with Gasteiger partial charge in [0.1, 0.15) is 0 Å². The van der Waals surface area contributed by atoms with Crippen LogP contribution in [0.2, 0.25) is 0 Å². The summed E-state index contributed by atoms with van der Waals surface area (Å²) in [6, 6.07) is 11.7. The van der Waals surface area contributed by atoms with Crippen molar-refractivity contribution in [1.82, 2.24) is 0 Å². The van der Waals surface area contributed by atoms with Crippen LogP contribution in [-0.2, 0) is 9.53 Å². The van der Waals surface area contributed by atoms with Crippen LogP contribution in [0.3, 0.4) is 0 Å². The molecule has 128 valence electrons. The molecule has 1 aliphatic heterocycles. The number of rotatable bonds is 3. The number of carbonyl (C=O) groups is 3. The molecule has 0 saturated carbocycles. The highest BCUT2D eigenvalue weighted by Gasteiger charge is 2.16. The minimum atomic E-state index is -0.471. The van der Waals surface area contributed by atoms with Gasteiger partial charge in [0.25, 0.3) is 5.91 Å². The molecule has 2 aromatic rings. The van der Waals surface area contributed by atoms with E-state index in [1.807, 2.05) is 6.07 Å². The molecule has 2 amide bonds. The second-order valence-electron chi connectivity index (χ2n) is 5.38. The first-order valence-electron chi connectivity index (χ1n) is 7.63. The normalized spacial score (nSPS) is 13.2. The molecule has 0 aromatic heterocycles. The smallest absolute Gasteiger partial charge is 0.337 e. The van der Waals surface area contributed by atoms with E-state index in [2.05, 4.69) is 15.4 Å². The van der Waals surface area contributed by atoms with Crippen LogP contribution in [0.15, 0.2) is 47.4 Å². The molecule has 1 heterocycles. The molecule has 25 heavy (non-hydrogen) atoms. The number of fused-ring (bicyclic) bond motifs is 1. The van der Waals surface area contributed by atoms with E-state index in [0.717, 1.165) is 4.90 Å². The first kappa shape index (κ1) is 17.0. The van der Waals surface area contributed by atoms with Crippen LogP contribution in [0, 0.1) is 0 Å². The summed E-state index contributed by atoms with van der Waals surface area (Å²) < 4.78 is 4.67. The maximum atomic E-state index is 12.5. The standard InChI is InChI=1S/C18H16N2O4S/c1-24-18(23)12-3-2-4-13(9-12)19-17(22)11-5-6-15-14(10-11)20-16(21)7-8-25-15/h2-6,9-10H,7-8H2,1H3,(H,19,22)(H,20,21). The van der Waals surface area contributed by atoms with Gasteiger partial charge in [0, 0.05) is 28.3 Å². The van der Waals surface area contributed by atoms with Crippen LogP contribution in [0.25, 0.3) is 0 Å². The summed E-state index contributed by atoms with van der Waals surface area (Å²) in [6.07, 6.45) is 0.446. The third-order valence-corrected chi connectivity index (χ3v) is 4.72. The minimum absolute atomic E-state index is 0.0606. The van der Waals surface area contributed by atoms with Crippen molar-refractivity contribution in [2.24, 2.45) is 0 Å². The number of hydrogen-bond acceptors (Lipinski definition) is 5. The molecule has 2 N–H and O–H groups in total. The highest BCUT2D eigenvalue weighted by molar-refractivity contribution is 7.99. The second kappa shape index (κ2) is 7.40. The van der Waals surface area contributed by atoms with Crippen LogP contribution < -0.4 is 10.6 Å². The van der Waals surface area contributed by atoms with Crippen molar-refractivity contribution in [2.75, 3.05) is 23.5 Å². The summed E-state index contributed by atoms with van der Waals surface area (Å²) in [5.74, 6) is -0.145. The van der Waals surface area contributed by atoms with Crippen LogP contribution in [0.4, 0.5) is 11.4 Å². The molecule has 6 nitrogen and oxygen atoms in total. The lowest BCUT2D eigenvalue weighted by Crippen LogP contribution is -2.14. The number of esters is 1. The Hall–Kier alpha value is -2.80. The first-order chi connectivity index (χ1) is 12.1. The minimum Gasteiger partial charge on any atom is -0.465 e. The third kappa shape index (κ3) is 4.00. The van der Waals surface area contributed by atoms with Crippen molar-refractivity contribution >= 4 is 40.9 Å². The summed E-state index contributed by atoms with van der Waals surface area (Å²) in [6.45, 7) is 0. The van der Waals surface area contributed by atoms with Crippen molar-refractivity contribution in [3.05, 3.63) is 53.6 Å². The highest BCUT2D eigenvalue weighted by atomic mass is 32.2. The largest absolute Gasteiger partial charge is 0.465 e. The summed E-state index contributed by atoms with van der Waals surface area (Å²) in [5, 5.41) is 5.56. The molecule has 1 aliphatic rings. The average Bonchev–Trinajstić information content (AvgIpc) is 2.81. The number of ether oxygens (including phenoxy) is 1. The fourth-order valence-electron chi connectivity index (χ4n) is 2.41. The third-order valence-electron chi connectivity index (χ3n) is 3.64. The number of amides is 2. The molecule has 0 radical (unpaired) electrons. The number of hydrogen-bond donors (Lipinski definition) is 2. The van der Waals surface area contributed by atoms with Crippen molar-refractivity contribution < 1.29 is 19.1 Å². The fourth-order valence-corrected chi connectivity index (χ4v) is 3.34. The van der Waals surface area contributed by atoms with E-state index < -0.39 is 5.97 Å². The van der Waals surface area contributed by atoms with E-state index in [1.165, 1.54) is 7.11 Å². The molecule has 0 atom stereocenters. The Morgan fingerprint density at radius 1 is 1.16 bits per heavy atom. The van der Waals surface area contributed by atoms with Crippen LogP contribution in [-0.4, -0.2) is 30.6 Å². The number of thioether (sulfide) groups is 1. The zero-order valence-electron chi connectivity index (χ0n) is 13.5. The molecule has 7 heteroatoms.